The lowest BCUT2D eigenvalue weighted by molar-refractivity contribution is -0.129. The third-order valence-electron chi connectivity index (χ3n) is 5.07. The molecule has 4 rings (SSSR count). The Balaban J connectivity index is 1.27. The van der Waals surface area contributed by atoms with E-state index in [-0.39, 0.29) is 24.2 Å². The first kappa shape index (κ1) is 19.4. The molecule has 0 aliphatic carbocycles. The highest BCUT2D eigenvalue weighted by Crippen LogP contribution is 2.24. The molecular formula is C22H23N3O3S. The second-order valence-electron chi connectivity index (χ2n) is 7.21. The molecule has 1 saturated heterocycles. The molecule has 1 unspecified atom stereocenters. The van der Waals surface area contributed by atoms with Crippen LogP contribution in [0, 0.1) is 12.8 Å². The molecule has 1 atom stereocenters. The number of hydrogen-bond acceptors (Lipinski definition) is 5. The van der Waals surface area contributed by atoms with Gasteiger partial charge in [-0.3, -0.25) is 9.59 Å². The Hall–Kier alpha value is -2.93. The van der Waals surface area contributed by atoms with Gasteiger partial charge in [0.25, 0.3) is 0 Å². The number of nitrogens with zero attached hydrogens (tertiary/aromatic N) is 2. The number of rotatable bonds is 7. The monoisotopic (exact) mass is 409 g/mol. The van der Waals surface area contributed by atoms with Crippen molar-refractivity contribution in [3.8, 4) is 11.5 Å². The summed E-state index contributed by atoms with van der Waals surface area (Å²) in [5.74, 6) is 0.989. The third-order valence-corrected chi connectivity index (χ3v) is 5.84. The van der Waals surface area contributed by atoms with Crippen molar-refractivity contribution in [3.05, 3.63) is 64.2 Å². The van der Waals surface area contributed by atoms with E-state index in [4.69, 9.17) is 4.42 Å². The van der Waals surface area contributed by atoms with Gasteiger partial charge < -0.3 is 14.6 Å². The minimum absolute atomic E-state index is 0.0419. The number of likely N-dealkylation sites (tertiary alicyclic amines) is 1. The Morgan fingerprint density at radius 3 is 2.86 bits per heavy atom. The van der Waals surface area contributed by atoms with Crippen LogP contribution in [0.3, 0.4) is 0 Å². The van der Waals surface area contributed by atoms with Gasteiger partial charge in [0, 0.05) is 24.9 Å². The second-order valence-corrected chi connectivity index (χ2v) is 8.27. The molecule has 0 radical (unpaired) electrons. The molecule has 3 aromatic rings. The van der Waals surface area contributed by atoms with Crippen molar-refractivity contribution >= 4 is 23.2 Å². The van der Waals surface area contributed by atoms with Crippen molar-refractivity contribution in [1.29, 1.82) is 0 Å². The van der Waals surface area contributed by atoms with Crippen molar-refractivity contribution in [1.82, 2.24) is 15.2 Å². The molecule has 2 aromatic heterocycles. The standard InChI is InChI=1S/C22H23N3O3S/c1-15-24-19(14-29-15)20-8-7-18(28-20)12-23-22(27)17-11-21(26)25(13-17)10-9-16-5-3-2-4-6-16/h2-8,14,17H,9-13H2,1H3,(H,23,27). The van der Waals surface area contributed by atoms with E-state index in [1.165, 1.54) is 5.56 Å². The molecular weight excluding hydrogens is 386 g/mol. The molecule has 0 spiro atoms. The van der Waals surface area contributed by atoms with Crippen molar-refractivity contribution < 1.29 is 14.0 Å². The highest BCUT2D eigenvalue weighted by molar-refractivity contribution is 7.09. The molecule has 2 amide bonds. The lowest BCUT2D eigenvalue weighted by atomic mass is 10.1. The SMILES string of the molecule is Cc1nc(-c2ccc(CNC(=O)C3CC(=O)N(CCc4ccccc4)C3)o2)cs1. The Kier molecular flexibility index (Phi) is 5.76. The van der Waals surface area contributed by atoms with Crippen molar-refractivity contribution in [2.75, 3.05) is 13.1 Å². The minimum atomic E-state index is -0.311. The van der Waals surface area contributed by atoms with E-state index in [0.717, 1.165) is 17.1 Å². The fourth-order valence-electron chi connectivity index (χ4n) is 3.48. The van der Waals surface area contributed by atoms with Crippen molar-refractivity contribution in [3.63, 3.8) is 0 Å². The van der Waals surface area contributed by atoms with Gasteiger partial charge in [0.15, 0.2) is 5.76 Å². The number of aryl methyl sites for hydroxylation is 1. The zero-order valence-corrected chi connectivity index (χ0v) is 17.1. The molecule has 1 N–H and O–H groups in total. The first-order chi connectivity index (χ1) is 14.1. The lowest BCUT2D eigenvalue weighted by Gasteiger charge is -2.16. The minimum Gasteiger partial charge on any atom is -0.458 e. The summed E-state index contributed by atoms with van der Waals surface area (Å²) >= 11 is 1.57. The fraction of sp³-hybridized carbons (Fsp3) is 0.318. The first-order valence-electron chi connectivity index (χ1n) is 9.69. The maximum absolute atomic E-state index is 12.5. The van der Waals surface area contributed by atoms with Gasteiger partial charge in [-0.1, -0.05) is 30.3 Å². The Morgan fingerprint density at radius 1 is 1.28 bits per heavy atom. The van der Waals surface area contributed by atoms with Crippen LogP contribution in [0.4, 0.5) is 0 Å². The zero-order valence-electron chi connectivity index (χ0n) is 16.3. The summed E-state index contributed by atoms with van der Waals surface area (Å²) in [7, 11) is 0. The molecule has 1 aliphatic rings. The summed E-state index contributed by atoms with van der Waals surface area (Å²) in [4.78, 5) is 31.0. The van der Waals surface area contributed by atoms with E-state index in [1.54, 1.807) is 16.2 Å². The topological polar surface area (TPSA) is 75.4 Å². The summed E-state index contributed by atoms with van der Waals surface area (Å²) in [5, 5.41) is 5.83. The van der Waals surface area contributed by atoms with E-state index in [2.05, 4.69) is 22.4 Å². The van der Waals surface area contributed by atoms with Crippen LogP contribution in [-0.4, -0.2) is 34.8 Å². The highest BCUT2D eigenvalue weighted by Gasteiger charge is 2.33. The Bertz CT molecular complexity index is 996. The largest absolute Gasteiger partial charge is 0.458 e. The molecule has 7 heteroatoms. The predicted octanol–water partition coefficient (Wildman–Crippen LogP) is 3.42. The summed E-state index contributed by atoms with van der Waals surface area (Å²) < 4.78 is 5.78. The molecule has 0 saturated carbocycles. The number of nitrogens with one attached hydrogen (secondary N) is 1. The smallest absolute Gasteiger partial charge is 0.225 e. The average Bonchev–Trinajstić information content (AvgIpc) is 3.45. The number of carbonyl (C=O) groups is 2. The zero-order chi connectivity index (χ0) is 20.2. The maximum atomic E-state index is 12.5. The van der Waals surface area contributed by atoms with Crippen LogP contribution in [0.25, 0.3) is 11.5 Å². The van der Waals surface area contributed by atoms with Gasteiger partial charge in [-0.2, -0.15) is 0 Å². The van der Waals surface area contributed by atoms with Gasteiger partial charge in [0.2, 0.25) is 11.8 Å². The summed E-state index contributed by atoms with van der Waals surface area (Å²) in [6.45, 7) is 3.36. The van der Waals surface area contributed by atoms with Crippen LogP contribution in [0.5, 0.6) is 0 Å². The van der Waals surface area contributed by atoms with Gasteiger partial charge >= 0.3 is 0 Å². The van der Waals surface area contributed by atoms with Crippen LogP contribution < -0.4 is 5.32 Å². The molecule has 3 heterocycles. The molecule has 0 bridgehead atoms. The maximum Gasteiger partial charge on any atom is 0.225 e. The second kappa shape index (κ2) is 8.61. The van der Waals surface area contributed by atoms with Crippen molar-refractivity contribution in [2.45, 2.75) is 26.3 Å². The van der Waals surface area contributed by atoms with Gasteiger partial charge in [0.05, 0.1) is 17.5 Å². The average molecular weight is 410 g/mol. The number of carbonyl (C=O) groups excluding carboxylic acids is 2. The normalized spacial score (nSPS) is 16.4. The van der Waals surface area contributed by atoms with E-state index in [0.29, 0.717) is 31.2 Å². The van der Waals surface area contributed by atoms with Crippen LogP contribution in [0.15, 0.2) is 52.3 Å². The number of hydrogen-bond donors (Lipinski definition) is 1. The van der Waals surface area contributed by atoms with Gasteiger partial charge in [-0.15, -0.1) is 11.3 Å². The summed E-state index contributed by atoms with van der Waals surface area (Å²) in [6, 6.07) is 13.8. The molecule has 150 valence electrons. The van der Waals surface area contributed by atoms with Crippen LogP contribution in [-0.2, 0) is 22.6 Å². The quantitative estimate of drug-likeness (QED) is 0.649. The first-order valence-corrected chi connectivity index (χ1v) is 10.6. The summed E-state index contributed by atoms with van der Waals surface area (Å²) in [5.41, 5.74) is 2.00. The number of benzene rings is 1. The van der Waals surface area contributed by atoms with Crippen molar-refractivity contribution in [2.24, 2.45) is 5.92 Å². The Labute approximate surface area is 173 Å². The number of furan rings is 1. The number of amides is 2. The lowest BCUT2D eigenvalue weighted by Crippen LogP contribution is -2.33. The van der Waals surface area contributed by atoms with E-state index in [9.17, 15) is 9.59 Å². The third kappa shape index (κ3) is 4.74. The number of thiazole rings is 1. The van der Waals surface area contributed by atoms with E-state index in [1.807, 2.05) is 42.6 Å². The molecule has 6 nitrogen and oxygen atoms in total. The molecule has 29 heavy (non-hydrogen) atoms. The van der Waals surface area contributed by atoms with Gasteiger partial charge in [0.1, 0.15) is 11.5 Å². The van der Waals surface area contributed by atoms with Gasteiger partial charge in [-0.05, 0) is 31.0 Å². The van der Waals surface area contributed by atoms with Crippen LogP contribution in [0.1, 0.15) is 22.8 Å². The van der Waals surface area contributed by atoms with E-state index < -0.39 is 0 Å². The highest BCUT2D eigenvalue weighted by atomic mass is 32.1. The molecule has 1 aliphatic heterocycles. The number of aromatic nitrogens is 1. The predicted molar refractivity (Wildman–Crippen MR) is 111 cm³/mol. The summed E-state index contributed by atoms with van der Waals surface area (Å²) in [6.07, 6.45) is 1.06. The van der Waals surface area contributed by atoms with Crippen LogP contribution in [0.2, 0.25) is 0 Å². The fourth-order valence-corrected chi connectivity index (χ4v) is 4.08. The Morgan fingerprint density at radius 2 is 2.10 bits per heavy atom. The molecule has 1 aromatic carbocycles. The van der Waals surface area contributed by atoms with Crippen LogP contribution >= 0.6 is 11.3 Å². The molecule has 1 fully saturated rings. The van der Waals surface area contributed by atoms with E-state index >= 15 is 0 Å². The van der Waals surface area contributed by atoms with Gasteiger partial charge in [-0.25, -0.2) is 4.98 Å².